The Hall–Kier alpha value is -0.840. The molecular weight excluding hydrogens is 278 g/mol. The van der Waals surface area contributed by atoms with Gasteiger partial charge in [0.1, 0.15) is 5.82 Å². The van der Waals surface area contributed by atoms with E-state index in [-0.39, 0.29) is 29.4 Å². The summed E-state index contributed by atoms with van der Waals surface area (Å²) >= 11 is 5.83. The van der Waals surface area contributed by atoms with E-state index in [1.807, 2.05) is 0 Å². The predicted molar refractivity (Wildman–Crippen MR) is 72.0 cm³/mol. The van der Waals surface area contributed by atoms with Gasteiger partial charge in [-0.15, -0.1) is 12.4 Å². The average molecular weight is 293 g/mol. The lowest BCUT2D eigenvalue weighted by Crippen LogP contribution is -2.45. The molecule has 18 heavy (non-hydrogen) atoms. The Balaban J connectivity index is 0.00000162. The molecule has 0 bridgehead atoms. The summed E-state index contributed by atoms with van der Waals surface area (Å²) in [7, 11) is 0. The maximum atomic E-state index is 12.8. The van der Waals surface area contributed by atoms with E-state index >= 15 is 0 Å². The van der Waals surface area contributed by atoms with Crippen LogP contribution in [0.5, 0.6) is 0 Å². The van der Waals surface area contributed by atoms with Crippen molar-refractivity contribution in [1.82, 2.24) is 10.6 Å². The van der Waals surface area contributed by atoms with Crippen LogP contribution in [0.3, 0.4) is 0 Å². The third-order valence-electron chi connectivity index (χ3n) is 2.81. The van der Waals surface area contributed by atoms with Crippen LogP contribution in [0.4, 0.5) is 4.39 Å². The number of amides is 1. The monoisotopic (exact) mass is 292 g/mol. The van der Waals surface area contributed by atoms with Crippen molar-refractivity contribution >= 4 is 29.9 Å². The SMILES string of the molecule is Cl.O=C(N[C@H]1CCCNC1)c1ccc(F)cc1Cl. The van der Waals surface area contributed by atoms with Crippen molar-refractivity contribution in [1.29, 1.82) is 0 Å². The Kier molecular flexibility index (Phi) is 5.85. The molecule has 0 spiro atoms. The first kappa shape index (κ1) is 15.2. The number of carbonyl (C=O) groups is 1. The normalized spacial score (nSPS) is 18.9. The molecule has 2 rings (SSSR count). The fraction of sp³-hybridized carbons (Fsp3) is 0.417. The average Bonchev–Trinajstić information content (AvgIpc) is 2.30. The number of rotatable bonds is 2. The van der Waals surface area contributed by atoms with Gasteiger partial charge in [-0.05, 0) is 37.6 Å². The lowest BCUT2D eigenvalue weighted by Gasteiger charge is -2.23. The Bertz CT molecular complexity index is 423. The summed E-state index contributed by atoms with van der Waals surface area (Å²) in [4.78, 5) is 11.9. The number of halogens is 3. The minimum absolute atomic E-state index is 0. The van der Waals surface area contributed by atoms with Gasteiger partial charge in [0.2, 0.25) is 0 Å². The quantitative estimate of drug-likeness (QED) is 0.879. The maximum absolute atomic E-state index is 12.8. The second kappa shape index (κ2) is 6.92. The van der Waals surface area contributed by atoms with Gasteiger partial charge >= 0.3 is 0 Å². The highest BCUT2D eigenvalue weighted by atomic mass is 35.5. The van der Waals surface area contributed by atoms with Gasteiger partial charge in [0.05, 0.1) is 10.6 Å². The van der Waals surface area contributed by atoms with E-state index in [0.717, 1.165) is 32.0 Å². The molecule has 0 saturated carbocycles. The van der Waals surface area contributed by atoms with Crippen molar-refractivity contribution in [3.8, 4) is 0 Å². The summed E-state index contributed by atoms with van der Waals surface area (Å²) in [6.07, 6.45) is 2.00. The van der Waals surface area contributed by atoms with Crippen LogP contribution < -0.4 is 10.6 Å². The van der Waals surface area contributed by atoms with Crippen molar-refractivity contribution in [3.05, 3.63) is 34.6 Å². The number of benzene rings is 1. The molecule has 1 aliphatic rings. The maximum Gasteiger partial charge on any atom is 0.253 e. The first-order valence-electron chi connectivity index (χ1n) is 5.63. The Morgan fingerprint density at radius 3 is 2.89 bits per heavy atom. The van der Waals surface area contributed by atoms with E-state index in [4.69, 9.17) is 11.6 Å². The predicted octanol–water partition coefficient (Wildman–Crippen LogP) is 2.38. The molecule has 1 aromatic carbocycles. The van der Waals surface area contributed by atoms with Crippen LogP contribution >= 0.6 is 24.0 Å². The van der Waals surface area contributed by atoms with E-state index in [0.29, 0.717) is 5.56 Å². The van der Waals surface area contributed by atoms with E-state index in [1.54, 1.807) is 0 Å². The summed E-state index contributed by atoms with van der Waals surface area (Å²) < 4.78 is 12.8. The van der Waals surface area contributed by atoms with Crippen LogP contribution in [0.2, 0.25) is 5.02 Å². The zero-order valence-corrected chi connectivity index (χ0v) is 11.3. The summed E-state index contributed by atoms with van der Waals surface area (Å²) in [5, 5.41) is 6.24. The van der Waals surface area contributed by atoms with Crippen LogP contribution in [0.1, 0.15) is 23.2 Å². The number of nitrogens with one attached hydrogen (secondary N) is 2. The topological polar surface area (TPSA) is 41.1 Å². The van der Waals surface area contributed by atoms with Crippen molar-refractivity contribution < 1.29 is 9.18 Å². The standard InChI is InChI=1S/C12H14ClFN2O.ClH/c13-11-6-8(14)3-4-10(11)12(17)16-9-2-1-5-15-7-9;/h3-4,6,9,15H,1-2,5,7H2,(H,16,17);1H/t9-;/m0./s1. The third-order valence-corrected chi connectivity index (χ3v) is 3.12. The molecule has 3 nitrogen and oxygen atoms in total. The largest absolute Gasteiger partial charge is 0.348 e. The summed E-state index contributed by atoms with van der Waals surface area (Å²) in [6, 6.07) is 3.91. The molecule has 0 aliphatic carbocycles. The van der Waals surface area contributed by atoms with Crippen LogP contribution in [0.15, 0.2) is 18.2 Å². The molecule has 100 valence electrons. The Labute approximate surface area is 116 Å². The minimum Gasteiger partial charge on any atom is -0.348 e. The van der Waals surface area contributed by atoms with E-state index in [1.165, 1.54) is 12.1 Å². The summed E-state index contributed by atoms with van der Waals surface area (Å²) in [5.74, 6) is -0.686. The van der Waals surface area contributed by atoms with Crippen molar-refractivity contribution in [2.75, 3.05) is 13.1 Å². The molecule has 1 aromatic rings. The van der Waals surface area contributed by atoms with Gasteiger partial charge in [0, 0.05) is 12.6 Å². The molecule has 1 amide bonds. The van der Waals surface area contributed by atoms with E-state index in [2.05, 4.69) is 10.6 Å². The molecule has 0 unspecified atom stereocenters. The van der Waals surface area contributed by atoms with Gasteiger partial charge in [-0.1, -0.05) is 11.6 Å². The van der Waals surface area contributed by atoms with Crippen molar-refractivity contribution in [2.24, 2.45) is 0 Å². The molecule has 1 fully saturated rings. The van der Waals surface area contributed by atoms with Crippen LogP contribution in [0, 0.1) is 5.82 Å². The lowest BCUT2D eigenvalue weighted by molar-refractivity contribution is 0.0931. The van der Waals surface area contributed by atoms with Gasteiger partial charge in [0.25, 0.3) is 5.91 Å². The number of hydrogen-bond acceptors (Lipinski definition) is 2. The molecule has 1 saturated heterocycles. The Morgan fingerprint density at radius 1 is 1.50 bits per heavy atom. The highest BCUT2D eigenvalue weighted by molar-refractivity contribution is 6.33. The zero-order chi connectivity index (χ0) is 12.3. The Morgan fingerprint density at radius 2 is 2.28 bits per heavy atom. The smallest absolute Gasteiger partial charge is 0.253 e. The number of hydrogen-bond donors (Lipinski definition) is 2. The van der Waals surface area contributed by atoms with Crippen molar-refractivity contribution in [3.63, 3.8) is 0 Å². The highest BCUT2D eigenvalue weighted by Gasteiger charge is 2.18. The number of carbonyl (C=O) groups excluding carboxylic acids is 1. The molecule has 1 heterocycles. The van der Waals surface area contributed by atoms with Crippen LogP contribution in [0.25, 0.3) is 0 Å². The van der Waals surface area contributed by atoms with Gasteiger partial charge in [-0.25, -0.2) is 4.39 Å². The van der Waals surface area contributed by atoms with Gasteiger partial charge < -0.3 is 10.6 Å². The second-order valence-electron chi connectivity index (χ2n) is 4.14. The second-order valence-corrected chi connectivity index (χ2v) is 4.55. The molecule has 1 aliphatic heterocycles. The number of piperidine rings is 1. The fourth-order valence-electron chi connectivity index (χ4n) is 1.91. The van der Waals surface area contributed by atoms with Crippen LogP contribution in [-0.4, -0.2) is 25.0 Å². The molecule has 6 heteroatoms. The lowest BCUT2D eigenvalue weighted by atomic mass is 10.1. The summed E-state index contributed by atoms with van der Waals surface area (Å²) in [5.41, 5.74) is 0.318. The third kappa shape index (κ3) is 3.83. The van der Waals surface area contributed by atoms with Gasteiger partial charge in [-0.2, -0.15) is 0 Å². The molecule has 0 aromatic heterocycles. The fourth-order valence-corrected chi connectivity index (χ4v) is 2.16. The van der Waals surface area contributed by atoms with E-state index < -0.39 is 5.82 Å². The molecule has 0 radical (unpaired) electrons. The zero-order valence-electron chi connectivity index (χ0n) is 9.71. The van der Waals surface area contributed by atoms with Gasteiger partial charge in [-0.3, -0.25) is 4.79 Å². The summed E-state index contributed by atoms with van der Waals surface area (Å²) in [6.45, 7) is 1.76. The van der Waals surface area contributed by atoms with Gasteiger partial charge in [0.15, 0.2) is 0 Å². The van der Waals surface area contributed by atoms with Crippen LogP contribution in [-0.2, 0) is 0 Å². The van der Waals surface area contributed by atoms with Crippen molar-refractivity contribution in [2.45, 2.75) is 18.9 Å². The molecular formula is C12H15Cl2FN2O. The first-order chi connectivity index (χ1) is 8.16. The highest BCUT2D eigenvalue weighted by Crippen LogP contribution is 2.17. The minimum atomic E-state index is -0.439. The van der Waals surface area contributed by atoms with E-state index in [9.17, 15) is 9.18 Å². The molecule has 2 N–H and O–H groups in total. The molecule has 1 atom stereocenters. The first-order valence-corrected chi connectivity index (χ1v) is 6.01.